The van der Waals surface area contributed by atoms with E-state index < -0.39 is 11.9 Å². The first-order valence-corrected chi connectivity index (χ1v) is 14.7. The summed E-state index contributed by atoms with van der Waals surface area (Å²) in [6.07, 6.45) is 0.765. The van der Waals surface area contributed by atoms with E-state index in [1.165, 1.54) is 24.3 Å². The third kappa shape index (κ3) is 6.81. The van der Waals surface area contributed by atoms with E-state index >= 15 is 0 Å². The summed E-state index contributed by atoms with van der Waals surface area (Å²) >= 11 is 0. The SMILES string of the molecule is CCn1c(C=O)nc2ccc(-c3ccc(F)cc3)cc21.CCn1c(CN[C@@H](C)C(N)=O)nc2ccc(-c3ccc(F)cc3)cc21. The van der Waals surface area contributed by atoms with Gasteiger partial charge in [-0.15, -0.1) is 0 Å². The van der Waals surface area contributed by atoms with Crippen molar-refractivity contribution in [2.45, 2.75) is 46.4 Å². The van der Waals surface area contributed by atoms with Crippen LogP contribution in [0.3, 0.4) is 0 Å². The van der Waals surface area contributed by atoms with E-state index in [0.717, 1.165) is 63.0 Å². The second-order valence-corrected chi connectivity index (χ2v) is 10.5. The first kappa shape index (κ1) is 31.2. The molecule has 0 unspecified atom stereocenters. The Morgan fingerprint density at radius 1 is 0.778 bits per heavy atom. The second kappa shape index (κ2) is 13.6. The highest BCUT2D eigenvalue weighted by atomic mass is 19.1. The zero-order chi connectivity index (χ0) is 32.1. The molecule has 3 N–H and O–H groups in total. The minimum absolute atomic E-state index is 0.250. The van der Waals surface area contributed by atoms with Crippen molar-refractivity contribution < 1.29 is 18.4 Å². The fraction of sp³-hybridized carbons (Fsp3) is 0.200. The predicted molar refractivity (Wildman–Crippen MR) is 172 cm³/mol. The number of aldehydes is 1. The third-order valence-corrected chi connectivity index (χ3v) is 7.69. The van der Waals surface area contributed by atoms with Gasteiger partial charge < -0.3 is 14.9 Å². The monoisotopic (exact) mass is 608 g/mol. The summed E-state index contributed by atoms with van der Waals surface area (Å²) in [5.41, 5.74) is 12.8. The van der Waals surface area contributed by atoms with E-state index in [4.69, 9.17) is 5.73 Å². The normalized spacial score (nSPS) is 11.8. The van der Waals surface area contributed by atoms with Crippen molar-refractivity contribution in [3.63, 3.8) is 0 Å². The lowest BCUT2D eigenvalue weighted by Crippen LogP contribution is -2.38. The Morgan fingerprint density at radius 2 is 1.24 bits per heavy atom. The second-order valence-electron chi connectivity index (χ2n) is 10.5. The minimum Gasteiger partial charge on any atom is -0.368 e. The third-order valence-electron chi connectivity index (χ3n) is 7.69. The van der Waals surface area contributed by atoms with Crippen molar-refractivity contribution in [1.29, 1.82) is 0 Å². The molecule has 4 aromatic carbocycles. The fourth-order valence-electron chi connectivity index (χ4n) is 5.21. The van der Waals surface area contributed by atoms with Gasteiger partial charge >= 0.3 is 0 Å². The number of hydrogen-bond donors (Lipinski definition) is 2. The average Bonchev–Trinajstić information content (AvgIpc) is 3.60. The maximum absolute atomic E-state index is 13.1. The van der Waals surface area contributed by atoms with Crippen LogP contribution in [0.1, 0.15) is 37.2 Å². The first-order chi connectivity index (χ1) is 21.7. The predicted octanol–water partition coefficient (Wildman–Crippen LogP) is 6.50. The highest BCUT2D eigenvalue weighted by Crippen LogP contribution is 2.27. The Morgan fingerprint density at radius 3 is 1.71 bits per heavy atom. The number of nitrogens with one attached hydrogen (secondary N) is 1. The largest absolute Gasteiger partial charge is 0.368 e. The van der Waals surface area contributed by atoms with Crippen LogP contribution in [0.4, 0.5) is 8.78 Å². The van der Waals surface area contributed by atoms with Crippen molar-refractivity contribution in [2.75, 3.05) is 0 Å². The van der Waals surface area contributed by atoms with Gasteiger partial charge in [0.05, 0.1) is 34.7 Å². The lowest BCUT2D eigenvalue weighted by molar-refractivity contribution is -0.119. The Labute approximate surface area is 259 Å². The lowest BCUT2D eigenvalue weighted by atomic mass is 10.1. The Balaban J connectivity index is 0.000000182. The number of fused-ring (bicyclic) bond motifs is 2. The van der Waals surface area contributed by atoms with E-state index in [1.807, 2.05) is 48.7 Å². The van der Waals surface area contributed by atoms with Crippen LogP contribution < -0.4 is 11.1 Å². The molecule has 0 fully saturated rings. The summed E-state index contributed by atoms with van der Waals surface area (Å²) in [6, 6.07) is 24.2. The molecule has 45 heavy (non-hydrogen) atoms. The molecule has 0 radical (unpaired) electrons. The molecule has 1 amide bonds. The molecule has 8 nitrogen and oxygen atoms in total. The molecule has 0 aliphatic carbocycles. The lowest BCUT2D eigenvalue weighted by Gasteiger charge is -2.11. The maximum Gasteiger partial charge on any atom is 0.234 e. The van der Waals surface area contributed by atoms with E-state index in [2.05, 4.69) is 25.9 Å². The van der Waals surface area contributed by atoms with Crippen LogP contribution in [0, 0.1) is 11.6 Å². The van der Waals surface area contributed by atoms with Gasteiger partial charge in [0.2, 0.25) is 5.91 Å². The number of hydrogen-bond acceptors (Lipinski definition) is 5. The number of carbonyl (C=O) groups excluding carboxylic acids is 2. The summed E-state index contributed by atoms with van der Waals surface area (Å²) in [6.45, 7) is 7.64. The van der Waals surface area contributed by atoms with Crippen LogP contribution in [0.25, 0.3) is 44.3 Å². The average molecular weight is 609 g/mol. The summed E-state index contributed by atoms with van der Waals surface area (Å²) in [5, 5.41) is 3.09. The molecule has 2 heterocycles. The summed E-state index contributed by atoms with van der Waals surface area (Å²) in [5.74, 6) is 0.385. The topological polar surface area (TPSA) is 108 Å². The van der Waals surface area contributed by atoms with Crippen LogP contribution in [0.15, 0.2) is 84.9 Å². The Kier molecular flexibility index (Phi) is 9.44. The number of carbonyl (C=O) groups is 2. The van der Waals surface area contributed by atoms with Gasteiger partial charge in [-0.1, -0.05) is 36.4 Å². The minimum atomic E-state index is -0.417. The van der Waals surface area contributed by atoms with E-state index in [9.17, 15) is 18.4 Å². The summed E-state index contributed by atoms with van der Waals surface area (Å²) in [4.78, 5) is 31.1. The van der Waals surface area contributed by atoms with Gasteiger partial charge in [-0.3, -0.25) is 14.9 Å². The van der Waals surface area contributed by atoms with Gasteiger partial charge in [-0.05, 0) is 91.6 Å². The zero-order valence-electron chi connectivity index (χ0n) is 25.3. The molecule has 0 aliphatic rings. The smallest absolute Gasteiger partial charge is 0.234 e. The quantitative estimate of drug-likeness (QED) is 0.182. The molecule has 0 spiro atoms. The molecular formula is C35H34F2N6O2. The molecule has 230 valence electrons. The van der Waals surface area contributed by atoms with Gasteiger partial charge in [-0.2, -0.15) is 0 Å². The number of benzene rings is 4. The highest BCUT2D eigenvalue weighted by Gasteiger charge is 2.14. The molecule has 0 saturated carbocycles. The van der Waals surface area contributed by atoms with Gasteiger partial charge in [-0.25, -0.2) is 18.7 Å². The van der Waals surface area contributed by atoms with Crippen LogP contribution >= 0.6 is 0 Å². The van der Waals surface area contributed by atoms with Gasteiger partial charge in [0, 0.05) is 13.1 Å². The van der Waals surface area contributed by atoms with Gasteiger partial charge in [0.25, 0.3) is 0 Å². The highest BCUT2D eigenvalue weighted by molar-refractivity contribution is 5.87. The van der Waals surface area contributed by atoms with Gasteiger partial charge in [0.15, 0.2) is 12.1 Å². The zero-order valence-corrected chi connectivity index (χ0v) is 25.3. The van der Waals surface area contributed by atoms with Crippen LogP contribution in [0.2, 0.25) is 0 Å². The van der Waals surface area contributed by atoms with E-state index in [1.54, 1.807) is 31.2 Å². The van der Waals surface area contributed by atoms with Crippen LogP contribution in [-0.2, 0) is 24.4 Å². The molecule has 6 aromatic rings. The number of aryl methyl sites for hydroxylation is 2. The standard InChI is InChI=1S/C19H21FN4O.C16H13FN2O/c1-3-24-17-10-14(13-4-7-15(20)8-5-13)6-9-16(17)23-18(24)11-22-12(2)19(21)25;1-2-19-15-9-12(11-3-6-13(17)7-4-11)5-8-14(15)18-16(19)10-20/h4-10,12,22H,3,11H2,1-2H3,(H2,21,25);3-10H,2H2,1H3/t12-;/m0./s1. The number of primary amides is 1. The van der Waals surface area contributed by atoms with Crippen molar-refractivity contribution in [1.82, 2.24) is 24.4 Å². The number of nitrogens with zero attached hydrogens (tertiary/aromatic N) is 4. The fourth-order valence-corrected chi connectivity index (χ4v) is 5.21. The Bertz CT molecular complexity index is 1960. The van der Waals surface area contributed by atoms with Crippen molar-refractivity contribution in [2.24, 2.45) is 5.73 Å². The molecule has 0 bridgehead atoms. The Hall–Kier alpha value is -5.22. The number of imidazole rings is 2. The molecule has 0 saturated heterocycles. The summed E-state index contributed by atoms with van der Waals surface area (Å²) in [7, 11) is 0. The molecule has 2 aromatic heterocycles. The molecular weight excluding hydrogens is 574 g/mol. The van der Waals surface area contributed by atoms with Gasteiger partial charge in [0.1, 0.15) is 17.5 Å². The molecule has 6 rings (SSSR count). The van der Waals surface area contributed by atoms with Crippen LogP contribution in [0.5, 0.6) is 0 Å². The van der Waals surface area contributed by atoms with Crippen molar-refractivity contribution in [3.05, 3.63) is 108 Å². The van der Waals surface area contributed by atoms with Crippen LogP contribution in [-0.4, -0.2) is 37.3 Å². The van der Waals surface area contributed by atoms with E-state index in [0.29, 0.717) is 18.9 Å². The number of rotatable bonds is 9. The number of amides is 1. The molecule has 10 heteroatoms. The molecule has 0 aliphatic heterocycles. The number of halogens is 2. The number of aromatic nitrogens is 4. The van der Waals surface area contributed by atoms with Crippen molar-refractivity contribution >= 4 is 34.3 Å². The maximum atomic E-state index is 13.1. The summed E-state index contributed by atoms with van der Waals surface area (Å²) < 4.78 is 30.1. The van der Waals surface area contributed by atoms with Crippen molar-refractivity contribution in [3.8, 4) is 22.3 Å². The number of nitrogens with two attached hydrogens (primary N) is 1. The molecule has 1 atom stereocenters. The van der Waals surface area contributed by atoms with E-state index in [-0.39, 0.29) is 11.6 Å². The first-order valence-electron chi connectivity index (χ1n) is 14.7.